The van der Waals surface area contributed by atoms with E-state index in [1.54, 1.807) is 6.08 Å². The first-order valence-corrected chi connectivity index (χ1v) is 3.72. The lowest BCUT2D eigenvalue weighted by molar-refractivity contribution is 0.566. The number of rotatable bonds is 5. The van der Waals surface area contributed by atoms with Gasteiger partial charge in [-0.1, -0.05) is 27.0 Å². The third-order valence-electron chi connectivity index (χ3n) is 1.32. The van der Waals surface area contributed by atoms with E-state index < -0.39 is 0 Å². The molecule has 0 atom stereocenters. The summed E-state index contributed by atoms with van der Waals surface area (Å²) in [5.41, 5.74) is 0.917. The van der Waals surface area contributed by atoms with Gasteiger partial charge >= 0.3 is 0 Å². The van der Waals surface area contributed by atoms with Crippen LogP contribution in [0.1, 0.15) is 20.3 Å². The highest BCUT2D eigenvalue weighted by Crippen LogP contribution is 1.97. The Morgan fingerprint density at radius 1 is 1.60 bits per heavy atom. The molecule has 0 heterocycles. The summed E-state index contributed by atoms with van der Waals surface area (Å²) in [6.45, 7) is 12.8. The molecule has 0 unspecified atom stereocenters. The van der Waals surface area contributed by atoms with Crippen LogP contribution in [0.4, 0.5) is 0 Å². The minimum atomic E-state index is 0.755. The Morgan fingerprint density at radius 2 is 2.20 bits per heavy atom. The zero-order chi connectivity index (χ0) is 7.98. The van der Waals surface area contributed by atoms with Crippen molar-refractivity contribution in [3.05, 3.63) is 24.9 Å². The Kier molecular flexibility index (Phi) is 4.73. The SMILES string of the molecule is C=CC(=C)NCCC(C)C. The maximum atomic E-state index is 3.74. The number of nitrogens with one attached hydrogen (secondary N) is 1. The summed E-state index contributed by atoms with van der Waals surface area (Å²) in [5.74, 6) is 0.755. The van der Waals surface area contributed by atoms with Crippen molar-refractivity contribution in [2.45, 2.75) is 20.3 Å². The van der Waals surface area contributed by atoms with Crippen molar-refractivity contribution in [1.29, 1.82) is 0 Å². The van der Waals surface area contributed by atoms with Gasteiger partial charge in [-0.3, -0.25) is 0 Å². The maximum Gasteiger partial charge on any atom is 0.0261 e. The first kappa shape index (κ1) is 9.28. The zero-order valence-corrected chi connectivity index (χ0v) is 6.98. The summed E-state index contributed by atoms with van der Waals surface area (Å²) in [4.78, 5) is 0. The van der Waals surface area contributed by atoms with Crippen LogP contribution in [-0.4, -0.2) is 6.54 Å². The van der Waals surface area contributed by atoms with Crippen LogP contribution in [0.2, 0.25) is 0 Å². The fourth-order valence-electron chi connectivity index (χ4n) is 0.594. The van der Waals surface area contributed by atoms with Crippen LogP contribution in [0, 0.1) is 5.92 Å². The molecule has 0 fully saturated rings. The van der Waals surface area contributed by atoms with E-state index in [1.165, 1.54) is 6.42 Å². The van der Waals surface area contributed by atoms with E-state index in [4.69, 9.17) is 0 Å². The summed E-state index contributed by atoms with van der Waals surface area (Å²) in [6, 6.07) is 0. The summed E-state index contributed by atoms with van der Waals surface area (Å²) in [5, 5.41) is 3.15. The Bertz CT molecular complexity index is 114. The smallest absolute Gasteiger partial charge is 0.0261 e. The molecule has 0 spiro atoms. The summed E-state index contributed by atoms with van der Waals surface area (Å²) in [6.07, 6.45) is 2.92. The van der Waals surface area contributed by atoms with E-state index in [0.29, 0.717) is 0 Å². The van der Waals surface area contributed by atoms with Crippen molar-refractivity contribution in [3.8, 4) is 0 Å². The van der Waals surface area contributed by atoms with Gasteiger partial charge in [0.25, 0.3) is 0 Å². The van der Waals surface area contributed by atoms with Crippen LogP contribution in [-0.2, 0) is 0 Å². The minimum Gasteiger partial charge on any atom is -0.386 e. The summed E-state index contributed by atoms with van der Waals surface area (Å²) < 4.78 is 0. The average molecular weight is 139 g/mol. The second-order valence-electron chi connectivity index (χ2n) is 2.84. The number of hydrogen-bond donors (Lipinski definition) is 1. The molecular weight excluding hydrogens is 122 g/mol. The van der Waals surface area contributed by atoms with Gasteiger partial charge in [0.2, 0.25) is 0 Å². The van der Waals surface area contributed by atoms with Crippen LogP contribution in [0.3, 0.4) is 0 Å². The topological polar surface area (TPSA) is 12.0 Å². The fraction of sp³-hybridized carbons (Fsp3) is 0.556. The second-order valence-corrected chi connectivity index (χ2v) is 2.84. The molecule has 0 aliphatic rings. The van der Waals surface area contributed by atoms with Crippen molar-refractivity contribution < 1.29 is 0 Å². The molecule has 0 amide bonds. The van der Waals surface area contributed by atoms with Gasteiger partial charge in [0, 0.05) is 12.2 Å². The molecular formula is C9H17N. The van der Waals surface area contributed by atoms with Gasteiger partial charge < -0.3 is 5.32 Å². The molecule has 0 aliphatic carbocycles. The lowest BCUT2D eigenvalue weighted by Gasteiger charge is -2.06. The molecule has 10 heavy (non-hydrogen) atoms. The molecule has 0 aromatic rings. The fourth-order valence-corrected chi connectivity index (χ4v) is 0.594. The molecule has 0 aromatic heterocycles. The van der Waals surface area contributed by atoms with Crippen molar-refractivity contribution >= 4 is 0 Å². The van der Waals surface area contributed by atoms with Gasteiger partial charge in [-0.25, -0.2) is 0 Å². The van der Waals surface area contributed by atoms with Gasteiger partial charge in [0.05, 0.1) is 0 Å². The third kappa shape index (κ3) is 5.42. The van der Waals surface area contributed by atoms with Crippen LogP contribution in [0.15, 0.2) is 24.9 Å². The Hall–Kier alpha value is -0.720. The largest absolute Gasteiger partial charge is 0.386 e. The normalized spacial score (nSPS) is 9.50. The van der Waals surface area contributed by atoms with Gasteiger partial charge in [0.15, 0.2) is 0 Å². The maximum absolute atomic E-state index is 3.74. The van der Waals surface area contributed by atoms with E-state index in [2.05, 4.69) is 32.3 Å². The monoisotopic (exact) mass is 139 g/mol. The van der Waals surface area contributed by atoms with E-state index in [9.17, 15) is 0 Å². The lowest BCUT2D eigenvalue weighted by atomic mass is 10.1. The summed E-state index contributed by atoms with van der Waals surface area (Å²) in [7, 11) is 0. The van der Waals surface area contributed by atoms with E-state index >= 15 is 0 Å². The van der Waals surface area contributed by atoms with Crippen LogP contribution < -0.4 is 5.32 Å². The van der Waals surface area contributed by atoms with Gasteiger partial charge in [-0.15, -0.1) is 0 Å². The second kappa shape index (κ2) is 5.10. The average Bonchev–Trinajstić information content (AvgIpc) is 1.87. The highest BCUT2D eigenvalue weighted by Gasteiger charge is 1.91. The Balaban J connectivity index is 3.19. The van der Waals surface area contributed by atoms with Crippen LogP contribution in [0.5, 0.6) is 0 Å². The Labute approximate surface area is 63.8 Å². The van der Waals surface area contributed by atoms with E-state index in [1.807, 2.05) is 0 Å². The van der Waals surface area contributed by atoms with Crippen molar-refractivity contribution in [2.75, 3.05) is 6.54 Å². The predicted octanol–water partition coefficient (Wildman–Crippen LogP) is 2.32. The van der Waals surface area contributed by atoms with Gasteiger partial charge in [0.1, 0.15) is 0 Å². The first-order valence-electron chi connectivity index (χ1n) is 3.72. The quantitative estimate of drug-likeness (QED) is 0.576. The predicted molar refractivity (Wildman–Crippen MR) is 46.8 cm³/mol. The molecule has 0 rings (SSSR count). The van der Waals surface area contributed by atoms with Crippen molar-refractivity contribution in [1.82, 2.24) is 5.32 Å². The molecule has 0 saturated carbocycles. The standard InChI is InChI=1S/C9H17N/c1-5-9(4)10-7-6-8(2)3/h5,8,10H,1,4,6-7H2,2-3H3. The molecule has 58 valence electrons. The number of hydrogen-bond acceptors (Lipinski definition) is 1. The van der Waals surface area contributed by atoms with Crippen molar-refractivity contribution in [3.63, 3.8) is 0 Å². The molecule has 0 aliphatic heterocycles. The molecule has 0 saturated heterocycles. The highest BCUT2D eigenvalue weighted by molar-refractivity contribution is 5.07. The third-order valence-corrected chi connectivity index (χ3v) is 1.32. The molecule has 0 bridgehead atoms. The molecule has 0 radical (unpaired) electrons. The van der Waals surface area contributed by atoms with Crippen LogP contribution in [0.25, 0.3) is 0 Å². The van der Waals surface area contributed by atoms with E-state index in [-0.39, 0.29) is 0 Å². The van der Waals surface area contributed by atoms with Gasteiger partial charge in [-0.2, -0.15) is 0 Å². The van der Waals surface area contributed by atoms with Crippen LogP contribution >= 0.6 is 0 Å². The van der Waals surface area contributed by atoms with E-state index in [0.717, 1.165) is 18.2 Å². The molecule has 1 N–H and O–H groups in total. The highest BCUT2D eigenvalue weighted by atomic mass is 14.9. The number of allylic oxidation sites excluding steroid dienone is 1. The zero-order valence-electron chi connectivity index (χ0n) is 6.98. The molecule has 1 heteroatoms. The molecule has 1 nitrogen and oxygen atoms in total. The minimum absolute atomic E-state index is 0.755. The Morgan fingerprint density at radius 3 is 2.60 bits per heavy atom. The first-order chi connectivity index (χ1) is 4.66. The van der Waals surface area contributed by atoms with Crippen molar-refractivity contribution in [2.24, 2.45) is 5.92 Å². The summed E-state index contributed by atoms with van der Waals surface area (Å²) >= 11 is 0. The lowest BCUT2D eigenvalue weighted by Crippen LogP contribution is -2.13. The van der Waals surface area contributed by atoms with Gasteiger partial charge in [-0.05, 0) is 18.4 Å². The molecule has 0 aromatic carbocycles.